The first-order chi connectivity index (χ1) is 13.1. The summed E-state index contributed by atoms with van der Waals surface area (Å²) in [6.07, 6.45) is 0.973. The van der Waals surface area contributed by atoms with Gasteiger partial charge in [-0.25, -0.2) is 0 Å². The maximum absolute atomic E-state index is 12.5. The molecule has 0 saturated heterocycles. The topological polar surface area (TPSA) is 58.1 Å². The third kappa shape index (κ3) is 5.79. The quantitative estimate of drug-likeness (QED) is 0.516. The maximum Gasteiger partial charge on any atom is 0.233 e. The second kappa shape index (κ2) is 9.87. The van der Waals surface area contributed by atoms with Crippen LogP contribution in [0.15, 0.2) is 52.2 Å². The molecule has 8 heteroatoms. The van der Waals surface area contributed by atoms with Gasteiger partial charge in [-0.2, -0.15) is 0 Å². The molecule has 1 N–H and O–H groups in total. The lowest BCUT2D eigenvalue weighted by atomic mass is 10.1. The van der Waals surface area contributed by atoms with Gasteiger partial charge in [0.1, 0.15) is 0 Å². The van der Waals surface area contributed by atoms with Crippen molar-refractivity contribution in [2.45, 2.75) is 23.7 Å². The molecule has 0 radical (unpaired) electrons. The number of hydrogen-bond acceptors (Lipinski definition) is 7. The second-order valence-electron chi connectivity index (χ2n) is 6.01. The lowest BCUT2D eigenvalue weighted by Crippen LogP contribution is -2.31. The van der Waals surface area contributed by atoms with Crippen LogP contribution in [-0.4, -0.2) is 40.3 Å². The molecule has 0 saturated carbocycles. The summed E-state index contributed by atoms with van der Waals surface area (Å²) < 4.78 is 0.808. The Balaban J connectivity index is 1.44. The Kier molecular flexibility index (Phi) is 7.25. The van der Waals surface area contributed by atoms with E-state index in [4.69, 9.17) is 0 Å². The minimum Gasteiger partial charge on any atom is -0.360 e. The van der Waals surface area contributed by atoms with Crippen molar-refractivity contribution in [1.29, 1.82) is 0 Å². The highest BCUT2D eigenvalue weighted by atomic mass is 32.2. The van der Waals surface area contributed by atoms with Crippen molar-refractivity contribution in [2.75, 3.05) is 24.7 Å². The molecule has 1 amide bonds. The number of nitrogens with zero attached hydrogens (tertiary/aromatic N) is 3. The predicted molar refractivity (Wildman–Crippen MR) is 115 cm³/mol. The molecule has 5 nitrogen and oxygen atoms in total. The fourth-order valence-electron chi connectivity index (χ4n) is 2.48. The molecule has 0 aliphatic carbocycles. The largest absolute Gasteiger partial charge is 0.360 e. The number of benzene rings is 1. The number of nitrogens with one attached hydrogen (secondary N) is 1. The van der Waals surface area contributed by atoms with E-state index in [1.165, 1.54) is 28.0 Å². The van der Waals surface area contributed by atoms with Crippen LogP contribution < -0.4 is 5.32 Å². The number of thioether (sulfide) groups is 1. The lowest BCUT2D eigenvalue weighted by Gasteiger charge is -2.25. The Morgan fingerprint density at radius 3 is 2.78 bits per heavy atom. The summed E-state index contributed by atoms with van der Waals surface area (Å²) >= 11 is 4.69. The highest BCUT2D eigenvalue weighted by Crippen LogP contribution is 2.27. The third-order valence-corrected chi connectivity index (χ3v) is 7.14. The van der Waals surface area contributed by atoms with Gasteiger partial charge in [0.05, 0.1) is 11.8 Å². The zero-order valence-electron chi connectivity index (χ0n) is 15.3. The molecule has 1 atom stereocenters. The molecule has 3 rings (SSSR count). The zero-order valence-corrected chi connectivity index (χ0v) is 17.7. The number of amides is 1. The van der Waals surface area contributed by atoms with E-state index in [9.17, 15) is 4.79 Å². The van der Waals surface area contributed by atoms with Gasteiger partial charge in [0.15, 0.2) is 4.34 Å². The number of hydrogen-bond donors (Lipinski definition) is 1. The van der Waals surface area contributed by atoms with Crippen LogP contribution in [0.5, 0.6) is 0 Å². The monoisotopic (exact) mass is 418 g/mol. The molecule has 3 aromatic rings. The first-order valence-electron chi connectivity index (χ1n) is 8.66. The zero-order chi connectivity index (χ0) is 19.1. The molecule has 27 heavy (non-hydrogen) atoms. The molecule has 2 aromatic heterocycles. The molecule has 1 unspecified atom stereocenters. The van der Waals surface area contributed by atoms with E-state index < -0.39 is 0 Å². The molecule has 0 fully saturated rings. The summed E-state index contributed by atoms with van der Waals surface area (Å²) in [5, 5.41) is 14.5. The normalized spacial score (nSPS) is 11.9. The van der Waals surface area contributed by atoms with Crippen molar-refractivity contribution in [1.82, 2.24) is 15.1 Å². The van der Waals surface area contributed by atoms with Gasteiger partial charge in [0.2, 0.25) is 11.0 Å². The van der Waals surface area contributed by atoms with Crippen molar-refractivity contribution >= 4 is 45.5 Å². The van der Waals surface area contributed by atoms with E-state index >= 15 is 0 Å². The Labute approximate surface area is 171 Å². The number of rotatable bonds is 9. The van der Waals surface area contributed by atoms with Crippen LogP contribution in [0.1, 0.15) is 23.4 Å². The highest BCUT2D eigenvalue weighted by molar-refractivity contribution is 8.01. The van der Waals surface area contributed by atoms with Gasteiger partial charge in [-0.05, 0) is 30.4 Å². The fraction of sp³-hybridized carbons (Fsp3) is 0.316. The van der Waals surface area contributed by atoms with Gasteiger partial charge in [-0.15, -0.1) is 21.5 Å². The summed E-state index contributed by atoms with van der Waals surface area (Å²) in [6.45, 7) is 2.87. The molecular weight excluding hydrogens is 396 g/mol. The molecule has 1 aromatic carbocycles. The van der Waals surface area contributed by atoms with Crippen LogP contribution in [0.2, 0.25) is 0 Å². The SMILES string of the molecule is CC(c1ccccc1)N(C)C(=O)CSc1nnc(NCCc2cccs2)s1. The van der Waals surface area contributed by atoms with E-state index in [2.05, 4.69) is 33.0 Å². The van der Waals surface area contributed by atoms with Crippen LogP contribution >= 0.6 is 34.4 Å². The number of carbonyl (C=O) groups is 1. The second-order valence-corrected chi connectivity index (χ2v) is 9.24. The minimum absolute atomic E-state index is 0.0446. The van der Waals surface area contributed by atoms with E-state index in [0.29, 0.717) is 5.75 Å². The van der Waals surface area contributed by atoms with Gasteiger partial charge >= 0.3 is 0 Å². The van der Waals surface area contributed by atoms with Gasteiger partial charge in [-0.3, -0.25) is 4.79 Å². The Morgan fingerprint density at radius 2 is 2.04 bits per heavy atom. The Bertz CT molecular complexity index is 836. The van der Waals surface area contributed by atoms with Crippen molar-refractivity contribution in [3.63, 3.8) is 0 Å². The fourth-order valence-corrected chi connectivity index (χ4v) is 4.89. The standard InChI is InChI=1S/C19H22N4OS3/c1-14(15-7-4-3-5-8-15)23(2)17(24)13-26-19-22-21-18(27-19)20-11-10-16-9-6-12-25-16/h3-9,12,14H,10-11,13H2,1-2H3,(H,20,21). The average molecular weight is 419 g/mol. The number of thiophene rings is 1. The third-order valence-electron chi connectivity index (χ3n) is 4.21. The first kappa shape index (κ1) is 19.9. The first-order valence-corrected chi connectivity index (χ1v) is 11.3. The van der Waals surface area contributed by atoms with Crippen LogP contribution in [0.3, 0.4) is 0 Å². The van der Waals surface area contributed by atoms with Gasteiger partial charge < -0.3 is 10.2 Å². The predicted octanol–water partition coefficient (Wildman–Crippen LogP) is 4.57. The van der Waals surface area contributed by atoms with Gasteiger partial charge in [0, 0.05) is 18.5 Å². The number of aromatic nitrogens is 2. The molecule has 2 heterocycles. The van der Waals surface area contributed by atoms with Crippen molar-refractivity contribution in [3.05, 3.63) is 58.3 Å². The molecule has 142 valence electrons. The van der Waals surface area contributed by atoms with E-state index in [1.807, 2.05) is 44.3 Å². The molecule has 0 bridgehead atoms. The number of anilines is 1. The van der Waals surface area contributed by atoms with Crippen LogP contribution in [0, 0.1) is 0 Å². The van der Waals surface area contributed by atoms with Crippen molar-refractivity contribution in [2.24, 2.45) is 0 Å². The average Bonchev–Trinajstić information content (AvgIpc) is 3.38. The van der Waals surface area contributed by atoms with E-state index in [1.54, 1.807) is 16.2 Å². The highest BCUT2D eigenvalue weighted by Gasteiger charge is 2.18. The molecule has 0 aliphatic rings. The van der Waals surface area contributed by atoms with Crippen LogP contribution in [0.4, 0.5) is 5.13 Å². The van der Waals surface area contributed by atoms with Gasteiger partial charge in [-0.1, -0.05) is 59.5 Å². The maximum atomic E-state index is 12.5. The van der Waals surface area contributed by atoms with E-state index in [0.717, 1.165) is 28.0 Å². The molecule has 0 aliphatic heterocycles. The van der Waals surface area contributed by atoms with Crippen molar-refractivity contribution in [3.8, 4) is 0 Å². The minimum atomic E-state index is 0.0446. The van der Waals surface area contributed by atoms with E-state index in [-0.39, 0.29) is 11.9 Å². The molecular formula is C19H22N4OS3. The number of carbonyl (C=O) groups excluding carboxylic acids is 1. The lowest BCUT2D eigenvalue weighted by molar-refractivity contribution is -0.128. The molecule has 0 spiro atoms. The van der Waals surface area contributed by atoms with Gasteiger partial charge in [0.25, 0.3) is 0 Å². The Morgan fingerprint density at radius 1 is 1.22 bits per heavy atom. The van der Waals surface area contributed by atoms with Crippen molar-refractivity contribution < 1.29 is 4.79 Å². The summed E-state index contributed by atoms with van der Waals surface area (Å²) in [7, 11) is 1.85. The summed E-state index contributed by atoms with van der Waals surface area (Å²) in [4.78, 5) is 15.6. The summed E-state index contributed by atoms with van der Waals surface area (Å²) in [5.41, 5.74) is 1.13. The smallest absolute Gasteiger partial charge is 0.233 e. The Hall–Kier alpha value is -1.90. The van der Waals surface area contributed by atoms with Crippen LogP contribution in [0.25, 0.3) is 0 Å². The van der Waals surface area contributed by atoms with Crippen LogP contribution in [-0.2, 0) is 11.2 Å². The summed E-state index contributed by atoms with van der Waals surface area (Å²) in [5.74, 6) is 0.441. The summed E-state index contributed by atoms with van der Waals surface area (Å²) in [6, 6.07) is 14.3.